The van der Waals surface area contributed by atoms with Crippen LogP contribution in [0.5, 0.6) is 0 Å². The van der Waals surface area contributed by atoms with E-state index in [-0.39, 0.29) is 80.3 Å². The second kappa shape index (κ2) is 36.7. The molecule has 238 valence electrons. The zero-order valence-electron chi connectivity index (χ0n) is 23.7. The summed E-state index contributed by atoms with van der Waals surface area (Å²) in [6.07, 6.45) is 14.9. The summed E-state index contributed by atoms with van der Waals surface area (Å²) in [5, 5.41) is 25.4. The molecule has 0 radical (unpaired) electrons. The molecule has 0 aromatic heterocycles. The van der Waals surface area contributed by atoms with E-state index in [0.717, 1.165) is 71.0 Å². The van der Waals surface area contributed by atoms with E-state index < -0.39 is 5.91 Å². The molecule has 7 N–H and O–H groups in total. The van der Waals surface area contributed by atoms with Crippen LogP contribution in [0.1, 0.15) is 89.9 Å². The van der Waals surface area contributed by atoms with Gasteiger partial charge in [-0.1, -0.05) is 25.7 Å². The standard InChI is InChI=1S/C26H54N6O3.4BrH/c33-25(13-5-6-14-26(34)32-35)31-22-10-20-29-18-8-16-27-15-7-17-28-19-9-21-30-23-24-11-3-1-2-4-12-24;;;;/h24,27-30,35H,1-23H2,(H,31,33)(H,32,34);4*1H. The van der Waals surface area contributed by atoms with E-state index in [4.69, 9.17) is 5.21 Å². The summed E-state index contributed by atoms with van der Waals surface area (Å²) in [6.45, 7) is 9.18. The maximum absolute atomic E-state index is 11.7. The predicted octanol–water partition coefficient (Wildman–Crippen LogP) is 4.37. The molecular formula is C26H58Br4N6O3. The van der Waals surface area contributed by atoms with Crippen molar-refractivity contribution in [3.8, 4) is 0 Å². The summed E-state index contributed by atoms with van der Waals surface area (Å²) >= 11 is 0. The maximum atomic E-state index is 11.7. The van der Waals surface area contributed by atoms with E-state index in [2.05, 4.69) is 26.6 Å². The summed E-state index contributed by atoms with van der Waals surface area (Å²) in [5.41, 5.74) is 1.59. The minimum absolute atomic E-state index is 0. The fourth-order valence-corrected chi connectivity index (χ4v) is 4.42. The van der Waals surface area contributed by atoms with Crippen molar-refractivity contribution in [2.45, 2.75) is 89.9 Å². The third-order valence-corrected chi connectivity index (χ3v) is 6.56. The summed E-state index contributed by atoms with van der Waals surface area (Å²) < 4.78 is 0. The van der Waals surface area contributed by atoms with E-state index >= 15 is 0 Å². The van der Waals surface area contributed by atoms with Crippen LogP contribution >= 0.6 is 67.9 Å². The van der Waals surface area contributed by atoms with Crippen molar-refractivity contribution in [2.75, 3.05) is 58.9 Å². The molecule has 1 saturated carbocycles. The Hall–Kier alpha value is 0.660. The number of hydrogen-bond donors (Lipinski definition) is 7. The monoisotopic (exact) mass is 818 g/mol. The van der Waals surface area contributed by atoms with Crippen LogP contribution in [0.3, 0.4) is 0 Å². The van der Waals surface area contributed by atoms with Gasteiger partial charge in [-0.25, -0.2) is 5.48 Å². The molecule has 13 heteroatoms. The quantitative estimate of drug-likeness (QED) is 0.0354. The first-order chi connectivity index (χ1) is 17.2. The normalized spacial score (nSPS) is 13.1. The number of halogens is 4. The highest BCUT2D eigenvalue weighted by atomic mass is 79.9. The lowest BCUT2D eigenvalue weighted by molar-refractivity contribution is -0.129. The third kappa shape index (κ3) is 33.0. The van der Waals surface area contributed by atoms with Crippen molar-refractivity contribution < 1.29 is 14.8 Å². The van der Waals surface area contributed by atoms with Crippen molar-refractivity contribution >= 4 is 79.7 Å². The van der Waals surface area contributed by atoms with Gasteiger partial charge in [-0.15, -0.1) is 67.9 Å². The number of carbonyl (C=O) groups is 2. The van der Waals surface area contributed by atoms with Crippen LogP contribution in [0.15, 0.2) is 0 Å². The zero-order valence-corrected chi connectivity index (χ0v) is 30.6. The molecule has 0 bridgehead atoms. The predicted molar refractivity (Wildman–Crippen MR) is 184 cm³/mol. The Kier molecular flexibility index (Phi) is 43.8. The number of hydrogen-bond acceptors (Lipinski definition) is 7. The van der Waals surface area contributed by atoms with Crippen LogP contribution in [0.2, 0.25) is 0 Å². The van der Waals surface area contributed by atoms with Crippen molar-refractivity contribution in [2.24, 2.45) is 5.92 Å². The van der Waals surface area contributed by atoms with Gasteiger partial charge in [0.05, 0.1) is 0 Å². The third-order valence-electron chi connectivity index (χ3n) is 6.56. The van der Waals surface area contributed by atoms with Gasteiger partial charge in [0.1, 0.15) is 0 Å². The minimum atomic E-state index is -0.405. The molecule has 0 saturated heterocycles. The largest absolute Gasteiger partial charge is 0.356 e. The lowest BCUT2D eigenvalue weighted by Crippen LogP contribution is -2.29. The average molecular weight is 822 g/mol. The molecule has 0 heterocycles. The molecule has 0 unspecified atom stereocenters. The first kappa shape index (κ1) is 46.6. The van der Waals surface area contributed by atoms with Gasteiger partial charge in [-0.3, -0.25) is 14.8 Å². The molecule has 0 aromatic carbocycles. The Labute approximate surface area is 279 Å². The van der Waals surface area contributed by atoms with Gasteiger partial charge < -0.3 is 26.6 Å². The molecule has 39 heavy (non-hydrogen) atoms. The van der Waals surface area contributed by atoms with Crippen molar-refractivity contribution in [1.82, 2.24) is 32.1 Å². The molecular weight excluding hydrogens is 764 g/mol. The van der Waals surface area contributed by atoms with Crippen LogP contribution in [0, 0.1) is 5.92 Å². The molecule has 0 aliphatic heterocycles. The number of carbonyl (C=O) groups excluding carboxylic acids is 2. The SMILES string of the molecule is Br.Br.Br.Br.O=C(CCCCC(=O)NCCCNCCCNCCCNCCCNCC1CCCCCC1)NO. The highest BCUT2D eigenvalue weighted by Crippen LogP contribution is 2.21. The topological polar surface area (TPSA) is 127 Å². The fraction of sp³-hybridized carbons (Fsp3) is 0.923. The smallest absolute Gasteiger partial charge is 0.243 e. The van der Waals surface area contributed by atoms with Gasteiger partial charge in [0, 0.05) is 19.4 Å². The van der Waals surface area contributed by atoms with E-state index in [1.807, 2.05) is 0 Å². The summed E-state index contributed by atoms with van der Waals surface area (Å²) in [5.74, 6) is 0.532. The van der Waals surface area contributed by atoms with E-state index in [0.29, 0.717) is 25.8 Å². The lowest BCUT2D eigenvalue weighted by Gasteiger charge is -2.14. The molecule has 1 fully saturated rings. The molecule has 1 aliphatic rings. The zero-order chi connectivity index (χ0) is 25.2. The van der Waals surface area contributed by atoms with Crippen molar-refractivity contribution in [1.29, 1.82) is 0 Å². The van der Waals surface area contributed by atoms with Gasteiger partial charge in [0.15, 0.2) is 0 Å². The second-order valence-corrected chi connectivity index (χ2v) is 9.82. The van der Waals surface area contributed by atoms with E-state index in [9.17, 15) is 9.59 Å². The van der Waals surface area contributed by atoms with Crippen LogP contribution < -0.4 is 32.1 Å². The molecule has 9 nitrogen and oxygen atoms in total. The Balaban J connectivity index is -0.00000153. The molecule has 1 aliphatic carbocycles. The maximum Gasteiger partial charge on any atom is 0.243 e. The van der Waals surface area contributed by atoms with Gasteiger partial charge >= 0.3 is 0 Å². The number of hydroxylamine groups is 1. The van der Waals surface area contributed by atoms with Gasteiger partial charge in [0.2, 0.25) is 11.8 Å². The van der Waals surface area contributed by atoms with E-state index in [1.54, 1.807) is 5.48 Å². The molecule has 0 spiro atoms. The van der Waals surface area contributed by atoms with Gasteiger partial charge in [-0.2, -0.15) is 0 Å². The summed E-state index contributed by atoms with van der Waals surface area (Å²) in [7, 11) is 0. The summed E-state index contributed by atoms with van der Waals surface area (Å²) in [6, 6.07) is 0. The second-order valence-electron chi connectivity index (χ2n) is 9.82. The molecule has 0 atom stereocenters. The highest BCUT2D eigenvalue weighted by Gasteiger charge is 2.11. The Morgan fingerprint density at radius 3 is 1.41 bits per heavy atom. The molecule has 0 aromatic rings. The van der Waals surface area contributed by atoms with Gasteiger partial charge in [-0.05, 0) is 110 Å². The Morgan fingerprint density at radius 1 is 0.538 bits per heavy atom. The van der Waals surface area contributed by atoms with Crippen molar-refractivity contribution in [3.63, 3.8) is 0 Å². The highest BCUT2D eigenvalue weighted by molar-refractivity contribution is 8.93. The molecule has 2 amide bonds. The fourth-order valence-electron chi connectivity index (χ4n) is 4.42. The lowest BCUT2D eigenvalue weighted by atomic mass is 10.0. The van der Waals surface area contributed by atoms with Crippen LogP contribution in [0.4, 0.5) is 0 Å². The van der Waals surface area contributed by atoms with Crippen LogP contribution in [-0.4, -0.2) is 75.9 Å². The number of rotatable bonds is 23. The first-order valence-corrected chi connectivity index (χ1v) is 14.2. The summed E-state index contributed by atoms with van der Waals surface area (Å²) in [4.78, 5) is 22.6. The Morgan fingerprint density at radius 2 is 0.949 bits per heavy atom. The first-order valence-electron chi connectivity index (χ1n) is 14.2. The van der Waals surface area contributed by atoms with Crippen LogP contribution in [0.25, 0.3) is 0 Å². The molecule has 1 rings (SSSR count). The van der Waals surface area contributed by atoms with Crippen molar-refractivity contribution in [3.05, 3.63) is 0 Å². The number of nitrogens with one attached hydrogen (secondary N) is 6. The average Bonchev–Trinajstić information content (AvgIpc) is 3.14. The minimum Gasteiger partial charge on any atom is -0.356 e. The number of unbranched alkanes of at least 4 members (excludes halogenated alkanes) is 1. The number of amides is 2. The van der Waals surface area contributed by atoms with Crippen LogP contribution in [-0.2, 0) is 9.59 Å². The van der Waals surface area contributed by atoms with Gasteiger partial charge in [0.25, 0.3) is 0 Å². The Bertz CT molecular complexity index is 520. The van der Waals surface area contributed by atoms with E-state index in [1.165, 1.54) is 51.5 Å².